The average molecular weight is 330 g/mol. The van der Waals surface area contributed by atoms with Gasteiger partial charge in [-0.15, -0.1) is 11.3 Å². The van der Waals surface area contributed by atoms with Gasteiger partial charge in [0.05, 0.1) is 32.5 Å². The van der Waals surface area contributed by atoms with Gasteiger partial charge in [-0.05, 0) is 26.5 Å². The molecule has 2 aromatic rings. The van der Waals surface area contributed by atoms with Gasteiger partial charge < -0.3 is 5.32 Å². The standard InChI is InChI=1S/C14H17Cl2N3S/c1-4-17-12(6-13-19-8(2)9(3)20-13)14-11(16)5-10(15)7-18-14/h5,7,12,17H,4,6H2,1-3H3. The predicted molar refractivity (Wildman–Crippen MR) is 86.0 cm³/mol. The van der Waals surface area contributed by atoms with E-state index in [1.54, 1.807) is 23.6 Å². The highest BCUT2D eigenvalue weighted by atomic mass is 35.5. The van der Waals surface area contributed by atoms with Gasteiger partial charge in [-0.1, -0.05) is 30.1 Å². The highest BCUT2D eigenvalue weighted by Crippen LogP contribution is 2.28. The van der Waals surface area contributed by atoms with E-state index < -0.39 is 0 Å². The molecule has 0 aliphatic carbocycles. The maximum atomic E-state index is 6.26. The topological polar surface area (TPSA) is 37.8 Å². The van der Waals surface area contributed by atoms with Crippen LogP contribution in [-0.2, 0) is 6.42 Å². The van der Waals surface area contributed by atoms with Crippen molar-refractivity contribution < 1.29 is 0 Å². The summed E-state index contributed by atoms with van der Waals surface area (Å²) in [6, 6.07) is 1.78. The third kappa shape index (κ3) is 3.70. The fourth-order valence-electron chi connectivity index (χ4n) is 1.99. The SMILES string of the molecule is CCNC(Cc1nc(C)c(C)s1)c1ncc(Cl)cc1Cl. The van der Waals surface area contributed by atoms with Crippen LogP contribution in [-0.4, -0.2) is 16.5 Å². The van der Waals surface area contributed by atoms with E-state index >= 15 is 0 Å². The summed E-state index contributed by atoms with van der Waals surface area (Å²) in [5, 5.41) is 5.65. The average Bonchev–Trinajstić information content (AvgIpc) is 2.68. The maximum absolute atomic E-state index is 6.26. The molecule has 0 saturated heterocycles. The molecular weight excluding hydrogens is 313 g/mol. The van der Waals surface area contributed by atoms with Crippen LogP contribution in [0, 0.1) is 13.8 Å². The summed E-state index contributed by atoms with van der Waals surface area (Å²) in [5.74, 6) is 0. The molecule has 0 aliphatic heterocycles. The first-order valence-corrected chi connectivity index (χ1v) is 8.05. The van der Waals surface area contributed by atoms with Gasteiger partial charge in [0.15, 0.2) is 0 Å². The molecule has 0 radical (unpaired) electrons. The van der Waals surface area contributed by atoms with Crippen LogP contribution in [0.1, 0.15) is 34.2 Å². The number of rotatable bonds is 5. The molecular formula is C14H17Cl2N3S. The molecule has 2 aromatic heterocycles. The molecule has 3 nitrogen and oxygen atoms in total. The number of aromatic nitrogens is 2. The Bertz CT molecular complexity index is 579. The lowest BCUT2D eigenvalue weighted by atomic mass is 10.1. The van der Waals surface area contributed by atoms with Crippen LogP contribution in [0.4, 0.5) is 0 Å². The Kier molecular flexibility index (Phi) is 5.38. The van der Waals surface area contributed by atoms with Crippen molar-refractivity contribution in [3.63, 3.8) is 0 Å². The second-order valence-electron chi connectivity index (χ2n) is 4.58. The van der Waals surface area contributed by atoms with E-state index in [0.29, 0.717) is 10.0 Å². The van der Waals surface area contributed by atoms with Crippen LogP contribution < -0.4 is 5.32 Å². The quantitative estimate of drug-likeness (QED) is 0.885. The van der Waals surface area contributed by atoms with Crippen LogP contribution in [0.2, 0.25) is 10.0 Å². The molecule has 2 heterocycles. The van der Waals surface area contributed by atoms with Crippen molar-refractivity contribution in [2.75, 3.05) is 6.54 Å². The molecule has 0 fully saturated rings. The van der Waals surface area contributed by atoms with Crippen LogP contribution >= 0.6 is 34.5 Å². The molecule has 0 saturated carbocycles. The lowest BCUT2D eigenvalue weighted by Crippen LogP contribution is -2.24. The first-order valence-electron chi connectivity index (χ1n) is 6.48. The Morgan fingerprint density at radius 1 is 1.35 bits per heavy atom. The Morgan fingerprint density at radius 3 is 2.65 bits per heavy atom. The van der Waals surface area contributed by atoms with E-state index in [9.17, 15) is 0 Å². The van der Waals surface area contributed by atoms with Crippen molar-refractivity contribution in [2.24, 2.45) is 0 Å². The number of aryl methyl sites for hydroxylation is 2. The zero-order valence-electron chi connectivity index (χ0n) is 11.7. The van der Waals surface area contributed by atoms with Gasteiger partial charge in [0.25, 0.3) is 0 Å². The smallest absolute Gasteiger partial charge is 0.0950 e. The lowest BCUT2D eigenvalue weighted by molar-refractivity contribution is 0.535. The molecule has 1 N–H and O–H groups in total. The minimum absolute atomic E-state index is 0.0507. The second-order valence-corrected chi connectivity index (χ2v) is 6.72. The van der Waals surface area contributed by atoms with E-state index in [4.69, 9.17) is 23.2 Å². The molecule has 0 aliphatic rings. The predicted octanol–water partition coefficient (Wildman–Crippen LogP) is 4.36. The summed E-state index contributed by atoms with van der Waals surface area (Å²) < 4.78 is 0. The minimum atomic E-state index is 0.0507. The number of halogens is 2. The molecule has 108 valence electrons. The van der Waals surface area contributed by atoms with Gasteiger partial charge in [-0.3, -0.25) is 4.98 Å². The van der Waals surface area contributed by atoms with Gasteiger partial charge >= 0.3 is 0 Å². The maximum Gasteiger partial charge on any atom is 0.0950 e. The molecule has 1 atom stereocenters. The number of nitrogens with one attached hydrogen (secondary N) is 1. The highest BCUT2D eigenvalue weighted by Gasteiger charge is 2.18. The Morgan fingerprint density at radius 2 is 2.10 bits per heavy atom. The molecule has 0 bridgehead atoms. The van der Waals surface area contributed by atoms with Crippen LogP contribution in [0.3, 0.4) is 0 Å². The van der Waals surface area contributed by atoms with Crippen LogP contribution in [0.15, 0.2) is 12.3 Å². The first-order chi connectivity index (χ1) is 9.51. The van der Waals surface area contributed by atoms with E-state index in [0.717, 1.165) is 29.4 Å². The van der Waals surface area contributed by atoms with E-state index in [-0.39, 0.29) is 6.04 Å². The monoisotopic (exact) mass is 329 g/mol. The fourth-order valence-corrected chi connectivity index (χ4v) is 3.49. The van der Waals surface area contributed by atoms with E-state index in [1.807, 2.05) is 6.92 Å². The molecule has 0 spiro atoms. The molecule has 2 rings (SSSR count). The number of pyridine rings is 1. The number of hydrogen-bond acceptors (Lipinski definition) is 4. The number of likely N-dealkylation sites (N-methyl/N-ethyl adjacent to an activating group) is 1. The summed E-state index contributed by atoms with van der Waals surface area (Å²) in [5.41, 5.74) is 1.92. The van der Waals surface area contributed by atoms with E-state index in [2.05, 4.69) is 29.1 Å². The fraction of sp³-hybridized carbons (Fsp3) is 0.429. The summed E-state index contributed by atoms with van der Waals surface area (Å²) in [6.07, 6.45) is 2.41. The number of nitrogens with zero attached hydrogens (tertiary/aromatic N) is 2. The third-order valence-electron chi connectivity index (χ3n) is 3.07. The van der Waals surface area contributed by atoms with Gasteiger partial charge in [-0.25, -0.2) is 4.98 Å². The van der Waals surface area contributed by atoms with Crippen LogP contribution in [0.25, 0.3) is 0 Å². The Hall–Kier alpha value is -0.680. The molecule has 20 heavy (non-hydrogen) atoms. The Labute approximate surface area is 133 Å². The van der Waals surface area contributed by atoms with Crippen molar-refractivity contribution in [1.82, 2.24) is 15.3 Å². The summed E-state index contributed by atoms with van der Waals surface area (Å²) >= 11 is 13.9. The second kappa shape index (κ2) is 6.85. The zero-order valence-corrected chi connectivity index (χ0v) is 14.0. The highest BCUT2D eigenvalue weighted by molar-refractivity contribution is 7.11. The van der Waals surface area contributed by atoms with Crippen molar-refractivity contribution in [3.05, 3.63) is 43.6 Å². The summed E-state index contributed by atoms with van der Waals surface area (Å²) in [7, 11) is 0. The molecule has 6 heteroatoms. The Balaban J connectivity index is 2.26. The third-order valence-corrected chi connectivity index (χ3v) is 4.67. The number of thiazole rings is 1. The van der Waals surface area contributed by atoms with Gasteiger partial charge in [0.2, 0.25) is 0 Å². The van der Waals surface area contributed by atoms with Gasteiger partial charge in [0.1, 0.15) is 0 Å². The summed E-state index contributed by atoms with van der Waals surface area (Å²) in [4.78, 5) is 10.2. The van der Waals surface area contributed by atoms with E-state index in [1.165, 1.54) is 4.88 Å². The minimum Gasteiger partial charge on any atom is -0.309 e. The molecule has 0 aromatic carbocycles. The first kappa shape index (κ1) is 15.7. The normalized spacial score (nSPS) is 12.7. The van der Waals surface area contributed by atoms with Gasteiger partial charge in [0, 0.05) is 17.5 Å². The summed E-state index contributed by atoms with van der Waals surface area (Å²) in [6.45, 7) is 7.03. The van der Waals surface area contributed by atoms with Crippen LogP contribution in [0.5, 0.6) is 0 Å². The van der Waals surface area contributed by atoms with Crippen molar-refractivity contribution in [3.8, 4) is 0 Å². The van der Waals surface area contributed by atoms with Crippen molar-refractivity contribution >= 4 is 34.5 Å². The van der Waals surface area contributed by atoms with Gasteiger partial charge in [-0.2, -0.15) is 0 Å². The molecule has 0 amide bonds. The lowest BCUT2D eigenvalue weighted by Gasteiger charge is -2.17. The molecule has 1 unspecified atom stereocenters. The zero-order chi connectivity index (χ0) is 14.7. The number of hydrogen-bond donors (Lipinski definition) is 1. The van der Waals surface area contributed by atoms with Crippen molar-refractivity contribution in [1.29, 1.82) is 0 Å². The largest absolute Gasteiger partial charge is 0.309 e. The van der Waals surface area contributed by atoms with Crippen molar-refractivity contribution in [2.45, 2.75) is 33.2 Å².